The van der Waals surface area contributed by atoms with Gasteiger partial charge in [0.2, 0.25) is 5.91 Å². The van der Waals surface area contributed by atoms with Crippen molar-refractivity contribution in [1.29, 1.82) is 0 Å². The summed E-state index contributed by atoms with van der Waals surface area (Å²) in [5.41, 5.74) is 2.13. The summed E-state index contributed by atoms with van der Waals surface area (Å²) in [6.45, 7) is 2.46. The number of nitrogens with zero attached hydrogens (tertiary/aromatic N) is 1. The number of rotatable bonds is 8. The molecule has 0 bridgehead atoms. The van der Waals surface area contributed by atoms with E-state index in [1.807, 2.05) is 54.6 Å². The second-order valence-corrected chi connectivity index (χ2v) is 6.71. The van der Waals surface area contributed by atoms with Crippen LogP contribution >= 0.6 is 0 Å². The normalized spacial score (nSPS) is 17.9. The van der Waals surface area contributed by atoms with E-state index in [2.05, 4.69) is 0 Å². The second kappa shape index (κ2) is 8.71. The number of methoxy groups -OCH3 is 1. The number of hydrogen-bond acceptors (Lipinski definition) is 4. The van der Waals surface area contributed by atoms with Crippen LogP contribution < -0.4 is 4.74 Å². The fourth-order valence-corrected chi connectivity index (χ4v) is 3.30. The van der Waals surface area contributed by atoms with Crippen molar-refractivity contribution in [2.75, 3.05) is 20.3 Å². The molecule has 0 saturated heterocycles. The molecule has 27 heavy (non-hydrogen) atoms. The van der Waals surface area contributed by atoms with Crippen LogP contribution in [-0.4, -0.2) is 37.0 Å². The lowest BCUT2D eigenvalue weighted by Gasteiger charge is -2.22. The molecule has 2 aromatic rings. The van der Waals surface area contributed by atoms with Gasteiger partial charge in [0, 0.05) is 12.5 Å². The van der Waals surface area contributed by atoms with Crippen molar-refractivity contribution in [1.82, 2.24) is 4.90 Å². The van der Waals surface area contributed by atoms with Crippen molar-refractivity contribution in [2.24, 2.45) is 5.92 Å². The van der Waals surface area contributed by atoms with E-state index in [0.717, 1.165) is 23.3 Å². The largest absolute Gasteiger partial charge is 0.497 e. The van der Waals surface area contributed by atoms with Gasteiger partial charge in [-0.2, -0.15) is 0 Å². The van der Waals surface area contributed by atoms with Gasteiger partial charge in [0.15, 0.2) is 0 Å². The number of hydrogen-bond donors (Lipinski definition) is 0. The summed E-state index contributed by atoms with van der Waals surface area (Å²) in [6.07, 6.45) is 0.805. The Kier molecular flexibility index (Phi) is 6.12. The van der Waals surface area contributed by atoms with Crippen molar-refractivity contribution < 1.29 is 19.1 Å². The van der Waals surface area contributed by atoms with Gasteiger partial charge >= 0.3 is 5.97 Å². The van der Waals surface area contributed by atoms with Gasteiger partial charge in [-0.1, -0.05) is 42.5 Å². The van der Waals surface area contributed by atoms with Crippen LogP contribution in [0, 0.1) is 5.92 Å². The van der Waals surface area contributed by atoms with Crippen molar-refractivity contribution in [3.05, 3.63) is 65.7 Å². The SMILES string of the molecule is CCOC(=O)CN(Cc1ccccc1)C(=O)C1CC1c1ccc(OC)cc1. The molecule has 0 heterocycles. The Hall–Kier alpha value is -2.82. The maximum Gasteiger partial charge on any atom is 0.325 e. The first-order valence-corrected chi connectivity index (χ1v) is 9.24. The van der Waals surface area contributed by atoms with Crippen LogP contribution in [0.5, 0.6) is 5.75 Å². The molecule has 0 N–H and O–H groups in total. The zero-order chi connectivity index (χ0) is 19.2. The summed E-state index contributed by atoms with van der Waals surface area (Å²) in [7, 11) is 1.63. The average molecular weight is 367 g/mol. The van der Waals surface area contributed by atoms with Crippen LogP contribution in [0.15, 0.2) is 54.6 Å². The third-order valence-electron chi connectivity index (χ3n) is 4.80. The van der Waals surface area contributed by atoms with Gasteiger partial charge in [0.1, 0.15) is 12.3 Å². The summed E-state index contributed by atoms with van der Waals surface area (Å²) >= 11 is 0. The highest BCUT2D eigenvalue weighted by atomic mass is 16.5. The molecule has 0 spiro atoms. The van der Waals surface area contributed by atoms with Gasteiger partial charge in [0.05, 0.1) is 13.7 Å². The number of amides is 1. The maximum absolute atomic E-state index is 13.0. The van der Waals surface area contributed by atoms with Crippen LogP contribution in [0.4, 0.5) is 0 Å². The Morgan fingerprint density at radius 2 is 1.78 bits per heavy atom. The standard InChI is InChI=1S/C22H25NO4/c1-3-27-21(24)15-23(14-16-7-5-4-6-8-16)22(25)20-13-19(20)17-9-11-18(26-2)12-10-17/h4-12,19-20H,3,13-15H2,1-2H3. The summed E-state index contributed by atoms with van der Waals surface area (Å²) in [4.78, 5) is 26.6. The molecule has 2 unspecified atom stereocenters. The average Bonchev–Trinajstić information content (AvgIpc) is 3.49. The summed E-state index contributed by atoms with van der Waals surface area (Å²) in [5, 5.41) is 0. The number of ether oxygens (including phenoxy) is 2. The molecular formula is C22H25NO4. The molecule has 2 atom stereocenters. The van der Waals surface area contributed by atoms with Gasteiger partial charge in [-0.3, -0.25) is 9.59 Å². The molecule has 1 fully saturated rings. The zero-order valence-corrected chi connectivity index (χ0v) is 15.8. The monoisotopic (exact) mass is 367 g/mol. The highest BCUT2D eigenvalue weighted by Gasteiger charge is 2.46. The topological polar surface area (TPSA) is 55.8 Å². The van der Waals surface area contributed by atoms with Gasteiger partial charge in [-0.15, -0.1) is 0 Å². The summed E-state index contributed by atoms with van der Waals surface area (Å²) in [5.74, 6) is 0.548. The van der Waals surface area contributed by atoms with Crippen LogP contribution in [0.1, 0.15) is 30.4 Å². The van der Waals surface area contributed by atoms with Crippen molar-refractivity contribution in [2.45, 2.75) is 25.8 Å². The van der Waals surface area contributed by atoms with Crippen molar-refractivity contribution in [3.8, 4) is 5.75 Å². The number of esters is 1. The van der Waals surface area contributed by atoms with Crippen molar-refractivity contribution in [3.63, 3.8) is 0 Å². The minimum Gasteiger partial charge on any atom is -0.497 e. The Balaban J connectivity index is 1.69. The minimum absolute atomic E-state index is 0.00715. The number of benzene rings is 2. The maximum atomic E-state index is 13.0. The van der Waals surface area contributed by atoms with E-state index in [-0.39, 0.29) is 30.3 Å². The molecule has 1 aliphatic rings. The van der Waals surface area contributed by atoms with Crippen LogP contribution in [0.3, 0.4) is 0 Å². The summed E-state index contributed by atoms with van der Waals surface area (Å²) in [6, 6.07) is 17.5. The van der Waals surface area contributed by atoms with E-state index >= 15 is 0 Å². The predicted octanol–water partition coefficient (Wildman–Crippen LogP) is 3.39. The first kappa shape index (κ1) is 19.0. The molecule has 5 nitrogen and oxygen atoms in total. The first-order chi connectivity index (χ1) is 13.1. The molecule has 1 aliphatic carbocycles. The molecular weight excluding hydrogens is 342 g/mol. The molecule has 1 saturated carbocycles. The van der Waals surface area contributed by atoms with E-state index in [9.17, 15) is 9.59 Å². The molecule has 3 rings (SSSR count). The van der Waals surface area contributed by atoms with Gasteiger partial charge in [0.25, 0.3) is 0 Å². The Bertz CT molecular complexity index is 773. The van der Waals surface area contributed by atoms with E-state index in [4.69, 9.17) is 9.47 Å². The molecule has 5 heteroatoms. The van der Waals surface area contributed by atoms with E-state index < -0.39 is 0 Å². The molecule has 0 aromatic heterocycles. The lowest BCUT2D eigenvalue weighted by Crippen LogP contribution is -2.37. The third kappa shape index (κ3) is 4.88. The van der Waals surface area contributed by atoms with E-state index in [1.54, 1.807) is 18.9 Å². The predicted molar refractivity (Wildman–Crippen MR) is 102 cm³/mol. The lowest BCUT2D eigenvalue weighted by molar-refractivity contribution is -0.149. The first-order valence-electron chi connectivity index (χ1n) is 9.24. The Morgan fingerprint density at radius 3 is 2.41 bits per heavy atom. The fourth-order valence-electron chi connectivity index (χ4n) is 3.30. The third-order valence-corrected chi connectivity index (χ3v) is 4.80. The Morgan fingerprint density at radius 1 is 1.07 bits per heavy atom. The molecule has 2 aromatic carbocycles. The van der Waals surface area contributed by atoms with E-state index in [1.165, 1.54) is 0 Å². The number of carbonyl (C=O) groups excluding carboxylic acids is 2. The summed E-state index contributed by atoms with van der Waals surface area (Å²) < 4.78 is 10.2. The molecule has 0 aliphatic heterocycles. The zero-order valence-electron chi connectivity index (χ0n) is 15.8. The highest BCUT2D eigenvalue weighted by Crippen LogP contribution is 2.48. The van der Waals surface area contributed by atoms with Gasteiger partial charge in [-0.25, -0.2) is 0 Å². The van der Waals surface area contributed by atoms with Crippen LogP contribution in [0.2, 0.25) is 0 Å². The molecule has 0 radical (unpaired) electrons. The van der Waals surface area contributed by atoms with E-state index in [0.29, 0.717) is 13.2 Å². The molecule has 1 amide bonds. The molecule has 142 valence electrons. The van der Waals surface area contributed by atoms with Gasteiger partial charge < -0.3 is 14.4 Å². The smallest absolute Gasteiger partial charge is 0.325 e. The van der Waals surface area contributed by atoms with Gasteiger partial charge in [-0.05, 0) is 42.5 Å². The quantitative estimate of drug-likeness (QED) is 0.671. The highest BCUT2D eigenvalue weighted by molar-refractivity contribution is 5.86. The number of carbonyl (C=O) groups is 2. The Labute approximate surface area is 159 Å². The minimum atomic E-state index is -0.372. The van der Waals surface area contributed by atoms with Crippen LogP contribution in [-0.2, 0) is 20.9 Å². The van der Waals surface area contributed by atoms with Crippen molar-refractivity contribution >= 4 is 11.9 Å². The second-order valence-electron chi connectivity index (χ2n) is 6.71. The fraction of sp³-hybridized carbons (Fsp3) is 0.364. The lowest BCUT2D eigenvalue weighted by atomic mass is 10.1. The van der Waals surface area contributed by atoms with Crippen LogP contribution in [0.25, 0.3) is 0 Å².